The molecule has 2 aromatic carbocycles. The van der Waals surface area contributed by atoms with Crippen molar-refractivity contribution < 1.29 is 9.53 Å². The monoisotopic (exact) mass is 436 g/mol. The first kappa shape index (κ1) is 19.1. The Hall–Kier alpha value is -2.84. The molecule has 0 spiro atoms. The van der Waals surface area contributed by atoms with Gasteiger partial charge in [0.15, 0.2) is 6.61 Å². The molecule has 8 heteroatoms. The molecule has 6 nitrogen and oxygen atoms in total. The molecular weight excluding hydrogens is 416 g/mol. The van der Waals surface area contributed by atoms with Gasteiger partial charge in [-0.15, -0.1) is 11.3 Å². The summed E-state index contributed by atoms with van der Waals surface area (Å²) in [5.41, 5.74) is 5.85. The molecule has 0 aliphatic carbocycles. The lowest BCUT2D eigenvalue weighted by atomic mass is 10.1. The summed E-state index contributed by atoms with van der Waals surface area (Å²) in [6.45, 7) is 2.12. The molecule has 0 radical (unpaired) electrons. The molecule has 0 bridgehead atoms. The van der Waals surface area contributed by atoms with Gasteiger partial charge in [-0.3, -0.25) is 4.79 Å². The average molecular weight is 437 g/mol. The number of carbonyl (C=O) groups excluding carboxylic acids is 1. The Morgan fingerprint density at radius 2 is 2.03 bits per heavy atom. The van der Waals surface area contributed by atoms with Crippen LogP contribution in [-0.2, 0) is 4.79 Å². The largest absolute Gasteiger partial charge is 0.482 e. The fourth-order valence-corrected chi connectivity index (χ4v) is 5.13. The van der Waals surface area contributed by atoms with Crippen LogP contribution in [0.3, 0.4) is 0 Å². The SMILES string of the molecule is Cc1ccc(N=c2scc(-c3ccc4c(c3)NC(=O)CO4)n2N=C2CCSC2)cc1. The maximum atomic E-state index is 11.7. The third kappa shape index (κ3) is 3.93. The third-order valence-electron chi connectivity index (χ3n) is 4.90. The molecule has 1 amide bonds. The molecule has 5 rings (SSSR count). The second-order valence-corrected chi connectivity index (χ2v) is 9.12. The number of carbonyl (C=O) groups is 1. The van der Waals surface area contributed by atoms with Gasteiger partial charge in [0, 0.05) is 22.4 Å². The maximum absolute atomic E-state index is 11.7. The fourth-order valence-electron chi connectivity index (χ4n) is 3.32. The lowest BCUT2D eigenvalue weighted by molar-refractivity contribution is -0.118. The van der Waals surface area contributed by atoms with Crippen molar-refractivity contribution in [3.05, 3.63) is 58.2 Å². The van der Waals surface area contributed by atoms with Gasteiger partial charge in [-0.2, -0.15) is 16.9 Å². The number of anilines is 1. The molecule has 3 aromatic rings. The highest BCUT2D eigenvalue weighted by Crippen LogP contribution is 2.33. The van der Waals surface area contributed by atoms with E-state index in [1.165, 1.54) is 11.3 Å². The van der Waals surface area contributed by atoms with E-state index >= 15 is 0 Å². The van der Waals surface area contributed by atoms with Crippen molar-refractivity contribution in [1.82, 2.24) is 4.68 Å². The van der Waals surface area contributed by atoms with Crippen molar-refractivity contribution in [3.8, 4) is 17.0 Å². The van der Waals surface area contributed by atoms with Crippen LogP contribution in [0.2, 0.25) is 0 Å². The number of fused-ring (bicyclic) bond motifs is 1. The normalized spacial score (nSPS) is 17.7. The van der Waals surface area contributed by atoms with Gasteiger partial charge >= 0.3 is 0 Å². The van der Waals surface area contributed by atoms with Crippen molar-refractivity contribution in [2.24, 2.45) is 10.1 Å². The highest BCUT2D eigenvalue weighted by Gasteiger charge is 2.18. The van der Waals surface area contributed by atoms with E-state index in [0.717, 1.165) is 39.7 Å². The molecule has 2 aliphatic rings. The minimum absolute atomic E-state index is 0.0513. The number of nitrogens with one attached hydrogen (secondary N) is 1. The van der Waals surface area contributed by atoms with Crippen molar-refractivity contribution in [1.29, 1.82) is 0 Å². The Bertz CT molecular complexity index is 1200. The molecular formula is C22H20N4O2S2. The molecule has 152 valence electrons. The fraction of sp³-hybridized carbons (Fsp3) is 0.227. The summed E-state index contributed by atoms with van der Waals surface area (Å²) >= 11 is 3.46. The number of aryl methyl sites for hydroxylation is 1. The number of amides is 1. The Balaban J connectivity index is 1.63. The van der Waals surface area contributed by atoms with E-state index in [9.17, 15) is 4.79 Å². The Kier molecular flexibility index (Phi) is 5.18. The second-order valence-electron chi connectivity index (χ2n) is 7.18. The quantitative estimate of drug-likeness (QED) is 0.660. The topological polar surface area (TPSA) is 68.0 Å². The van der Waals surface area contributed by atoms with Crippen LogP contribution in [0.4, 0.5) is 11.4 Å². The number of hydrogen-bond donors (Lipinski definition) is 1. The summed E-state index contributed by atoms with van der Waals surface area (Å²) in [4.78, 5) is 17.4. The number of rotatable bonds is 3. The van der Waals surface area contributed by atoms with Gasteiger partial charge in [0.2, 0.25) is 4.80 Å². The predicted octanol–water partition coefficient (Wildman–Crippen LogP) is 4.43. The zero-order chi connectivity index (χ0) is 20.5. The van der Waals surface area contributed by atoms with Gasteiger partial charge in [-0.05, 0) is 49.4 Å². The number of nitrogens with zero attached hydrogens (tertiary/aromatic N) is 3. The highest BCUT2D eigenvalue weighted by atomic mass is 32.2. The summed E-state index contributed by atoms with van der Waals surface area (Å²) in [5.74, 6) is 2.59. The second kappa shape index (κ2) is 8.12. The summed E-state index contributed by atoms with van der Waals surface area (Å²) in [5, 5.41) is 9.89. The van der Waals surface area contributed by atoms with Crippen LogP contribution in [0.1, 0.15) is 12.0 Å². The lowest BCUT2D eigenvalue weighted by Crippen LogP contribution is -2.25. The van der Waals surface area contributed by atoms with Gasteiger partial charge in [0.25, 0.3) is 5.91 Å². The maximum Gasteiger partial charge on any atom is 0.262 e. The number of ether oxygens (including phenoxy) is 1. The molecule has 1 saturated heterocycles. The first-order chi connectivity index (χ1) is 14.7. The van der Waals surface area contributed by atoms with Crippen molar-refractivity contribution in [2.75, 3.05) is 23.4 Å². The summed E-state index contributed by atoms with van der Waals surface area (Å²) in [7, 11) is 0. The van der Waals surface area contributed by atoms with Crippen LogP contribution < -0.4 is 14.9 Å². The van der Waals surface area contributed by atoms with Gasteiger partial charge < -0.3 is 10.1 Å². The van der Waals surface area contributed by atoms with Crippen LogP contribution in [0.25, 0.3) is 11.3 Å². The number of benzene rings is 2. The molecule has 0 saturated carbocycles. The van der Waals surface area contributed by atoms with Crippen LogP contribution >= 0.6 is 23.1 Å². The predicted molar refractivity (Wildman–Crippen MR) is 123 cm³/mol. The van der Waals surface area contributed by atoms with Gasteiger partial charge in [0.1, 0.15) is 5.75 Å². The summed E-state index contributed by atoms with van der Waals surface area (Å²) < 4.78 is 7.42. The van der Waals surface area contributed by atoms with E-state index in [1.807, 2.05) is 46.8 Å². The first-order valence-electron chi connectivity index (χ1n) is 9.69. The van der Waals surface area contributed by atoms with Crippen LogP contribution in [0.15, 0.2) is 57.9 Å². The van der Waals surface area contributed by atoms with Crippen molar-refractivity contribution in [2.45, 2.75) is 13.3 Å². The summed E-state index contributed by atoms with van der Waals surface area (Å²) in [6, 6.07) is 14.0. The number of aromatic nitrogens is 1. The van der Waals surface area contributed by atoms with Gasteiger partial charge in [-0.1, -0.05) is 17.7 Å². The molecule has 3 heterocycles. The van der Waals surface area contributed by atoms with E-state index in [1.54, 1.807) is 11.3 Å². The molecule has 1 aromatic heterocycles. The van der Waals surface area contributed by atoms with Crippen molar-refractivity contribution in [3.63, 3.8) is 0 Å². The third-order valence-corrected chi connectivity index (χ3v) is 6.74. The number of thioether (sulfide) groups is 1. The molecule has 1 fully saturated rings. The molecule has 1 N–H and O–H groups in total. The van der Waals surface area contributed by atoms with Crippen LogP contribution in [0.5, 0.6) is 5.75 Å². The number of hydrogen-bond acceptors (Lipinski definition) is 6. The zero-order valence-electron chi connectivity index (χ0n) is 16.4. The average Bonchev–Trinajstić information content (AvgIpc) is 3.40. The van der Waals surface area contributed by atoms with Crippen molar-refractivity contribution >= 4 is 46.1 Å². The molecule has 0 atom stereocenters. The minimum atomic E-state index is -0.142. The molecule has 2 aliphatic heterocycles. The highest BCUT2D eigenvalue weighted by molar-refractivity contribution is 8.00. The zero-order valence-corrected chi connectivity index (χ0v) is 18.1. The molecule has 0 unspecified atom stereocenters. The lowest BCUT2D eigenvalue weighted by Gasteiger charge is -2.18. The molecule has 30 heavy (non-hydrogen) atoms. The minimum Gasteiger partial charge on any atom is -0.482 e. The van der Waals surface area contributed by atoms with Crippen LogP contribution in [-0.4, -0.2) is 34.4 Å². The van der Waals surface area contributed by atoms with Gasteiger partial charge in [-0.25, -0.2) is 9.67 Å². The smallest absolute Gasteiger partial charge is 0.262 e. The first-order valence-corrected chi connectivity index (χ1v) is 11.7. The standard InChI is InChI=1S/C22H20N4O2S2/c1-14-2-5-16(6-3-14)23-22-26(25-17-8-9-29-12-17)19(13-30-22)15-4-7-20-18(10-15)24-21(27)11-28-20/h2-7,10,13H,8-9,11-12H2,1H3,(H,24,27). The van der Waals surface area contributed by atoms with E-state index < -0.39 is 0 Å². The van der Waals surface area contributed by atoms with E-state index in [0.29, 0.717) is 11.4 Å². The number of thiazole rings is 1. The Labute approximate surface area is 182 Å². The van der Waals surface area contributed by atoms with E-state index in [-0.39, 0.29) is 12.5 Å². The van der Waals surface area contributed by atoms with E-state index in [2.05, 4.69) is 29.8 Å². The van der Waals surface area contributed by atoms with Gasteiger partial charge in [0.05, 0.1) is 17.1 Å². The van der Waals surface area contributed by atoms with Crippen LogP contribution in [0, 0.1) is 6.92 Å². The summed E-state index contributed by atoms with van der Waals surface area (Å²) in [6.07, 6.45) is 0.991. The Morgan fingerprint density at radius 3 is 2.83 bits per heavy atom. The van der Waals surface area contributed by atoms with E-state index in [4.69, 9.17) is 14.8 Å². The Morgan fingerprint density at radius 1 is 1.17 bits per heavy atom.